The lowest BCUT2D eigenvalue weighted by Gasteiger charge is -2.36. The minimum atomic E-state index is -0.0228. The zero-order valence-corrected chi connectivity index (χ0v) is 12.3. The summed E-state index contributed by atoms with van der Waals surface area (Å²) in [7, 11) is 2.12. The number of likely N-dealkylation sites (N-methyl/N-ethyl adjacent to an activating group) is 1. The first-order valence-electron chi connectivity index (χ1n) is 6.80. The summed E-state index contributed by atoms with van der Waals surface area (Å²) in [5.74, 6) is 1.60. The third-order valence-corrected chi connectivity index (χ3v) is 4.19. The highest BCUT2D eigenvalue weighted by Gasteiger charge is 2.24. The van der Waals surface area contributed by atoms with E-state index < -0.39 is 0 Å². The number of benzene rings is 1. The van der Waals surface area contributed by atoms with Crippen molar-refractivity contribution in [2.45, 2.75) is 38.8 Å². The number of fused-ring (bicyclic) bond motifs is 1. The van der Waals surface area contributed by atoms with Gasteiger partial charge in [0.2, 0.25) is 6.79 Å². The van der Waals surface area contributed by atoms with Crippen LogP contribution in [-0.4, -0.2) is 30.8 Å². The molecule has 19 heavy (non-hydrogen) atoms. The van der Waals surface area contributed by atoms with Crippen LogP contribution in [0.3, 0.4) is 0 Å². The molecular weight excluding hydrogens is 240 g/mol. The first-order valence-corrected chi connectivity index (χ1v) is 6.80. The Kier molecular flexibility index (Phi) is 4.02. The predicted octanol–water partition coefficient (Wildman–Crippen LogP) is 2.54. The molecule has 0 saturated heterocycles. The average molecular weight is 264 g/mol. The van der Waals surface area contributed by atoms with E-state index in [0.29, 0.717) is 6.79 Å². The van der Waals surface area contributed by atoms with E-state index >= 15 is 0 Å². The minimum absolute atomic E-state index is 0.0228. The van der Waals surface area contributed by atoms with Gasteiger partial charge in [0, 0.05) is 18.1 Å². The normalized spacial score (nSPS) is 15.9. The van der Waals surface area contributed by atoms with Gasteiger partial charge >= 0.3 is 0 Å². The molecule has 4 nitrogen and oxygen atoms in total. The van der Waals surface area contributed by atoms with Crippen molar-refractivity contribution in [3.8, 4) is 11.5 Å². The maximum atomic E-state index is 6.30. The SMILES string of the molecule is CCC(C)(C)N(C)CC(N)c1ccc2c(c1)OCO2. The lowest BCUT2D eigenvalue weighted by Crippen LogP contribution is -2.44. The van der Waals surface area contributed by atoms with Gasteiger partial charge in [-0.1, -0.05) is 13.0 Å². The molecule has 1 aliphatic heterocycles. The molecule has 1 heterocycles. The largest absolute Gasteiger partial charge is 0.454 e. The van der Waals surface area contributed by atoms with E-state index in [-0.39, 0.29) is 11.6 Å². The van der Waals surface area contributed by atoms with Gasteiger partial charge in [0.1, 0.15) is 0 Å². The van der Waals surface area contributed by atoms with E-state index in [2.05, 4.69) is 32.7 Å². The molecule has 0 bridgehead atoms. The van der Waals surface area contributed by atoms with Crippen LogP contribution in [0.2, 0.25) is 0 Å². The van der Waals surface area contributed by atoms with Gasteiger partial charge in [-0.2, -0.15) is 0 Å². The first-order chi connectivity index (χ1) is 8.94. The number of hydrogen-bond donors (Lipinski definition) is 1. The van der Waals surface area contributed by atoms with E-state index in [4.69, 9.17) is 15.2 Å². The molecule has 1 aromatic rings. The van der Waals surface area contributed by atoms with Crippen LogP contribution in [0.25, 0.3) is 0 Å². The van der Waals surface area contributed by atoms with Crippen LogP contribution in [0.15, 0.2) is 18.2 Å². The fourth-order valence-corrected chi connectivity index (χ4v) is 2.06. The summed E-state index contributed by atoms with van der Waals surface area (Å²) in [6, 6.07) is 5.91. The molecule has 0 aromatic heterocycles. The number of ether oxygens (including phenoxy) is 2. The van der Waals surface area contributed by atoms with Crippen molar-refractivity contribution >= 4 is 0 Å². The van der Waals surface area contributed by atoms with Crippen LogP contribution in [0.1, 0.15) is 38.8 Å². The van der Waals surface area contributed by atoms with Crippen LogP contribution >= 0.6 is 0 Å². The first kappa shape index (κ1) is 14.2. The van der Waals surface area contributed by atoms with E-state index in [1.165, 1.54) is 0 Å². The Morgan fingerprint density at radius 2 is 2.00 bits per heavy atom. The molecule has 0 aliphatic carbocycles. The number of hydrogen-bond acceptors (Lipinski definition) is 4. The second kappa shape index (κ2) is 5.39. The smallest absolute Gasteiger partial charge is 0.231 e. The van der Waals surface area contributed by atoms with Crippen molar-refractivity contribution in [1.82, 2.24) is 4.90 Å². The Morgan fingerprint density at radius 1 is 1.32 bits per heavy atom. The molecule has 1 atom stereocenters. The molecule has 0 fully saturated rings. The standard InChI is InChI=1S/C15H24N2O2/c1-5-15(2,3)17(4)9-12(16)11-6-7-13-14(8-11)19-10-18-13/h6-8,12H,5,9-10,16H2,1-4H3. The van der Waals surface area contributed by atoms with Crippen LogP contribution in [0.5, 0.6) is 11.5 Å². The Morgan fingerprint density at radius 3 is 2.68 bits per heavy atom. The third kappa shape index (κ3) is 3.01. The van der Waals surface area contributed by atoms with Crippen LogP contribution in [-0.2, 0) is 0 Å². The van der Waals surface area contributed by atoms with E-state index in [9.17, 15) is 0 Å². The van der Waals surface area contributed by atoms with E-state index in [1.54, 1.807) is 0 Å². The summed E-state index contributed by atoms with van der Waals surface area (Å²) in [4.78, 5) is 2.31. The average Bonchev–Trinajstić information content (AvgIpc) is 2.85. The van der Waals surface area contributed by atoms with Crippen molar-refractivity contribution in [2.75, 3.05) is 20.4 Å². The molecule has 0 amide bonds. The van der Waals surface area contributed by atoms with Gasteiger partial charge in [-0.05, 0) is 45.0 Å². The highest BCUT2D eigenvalue weighted by Crippen LogP contribution is 2.34. The second-order valence-corrected chi connectivity index (χ2v) is 5.77. The van der Waals surface area contributed by atoms with Crippen molar-refractivity contribution in [2.24, 2.45) is 5.73 Å². The number of nitrogens with two attached hydrogens (primary N) is 1. The molecule has 0 spiro atoms. The zero-order chi connectivity index (χ0) is 14.0. The summed E-state index contributed by atoms with van der Waals surface area (Å²) in [5, 5.41) is 0. The van der Waals surface area contributed by atoms with Gasteiger partial charge in [-0.15, -0.1) is 0 Å². The van der Waals surface area contributed by atoms with Gasteiger partial charge < -0.3 is 15.2 Å². The van der Waals surface area contributed by atoms with E-state index in [1.807, 2.05) is 18.2 Å². The maximum Gasteiger partial charge on any atom is 0.231 e. The van der Waals surface area contributed by atoms with Gasteiger partial charge in [-0.25, -0.2) is 0 Å². The van der Waals surface area contributed by atoms with Crippen LogP contribution in [0.4, 0.5) is 0 Å². The summed E-state index contributed by atoms with van der Waals surface area (Å²) < 4.78 is 10.7. The Balaban J connectivity index is 2.06. The number of nitrogens with zero attached hydrogens (tertiary/aromatic N) is 1. The second-order valence-electron chi connectivity index (χ2n) is 5.77. The van der Waals surface area contributed by atoms with E-state index in [0.717, 1.165) is 30.0 Å². The highest BCUT2D eigenvalue weighted by atomic mass is 16.7. The van der Waals surface area contributed by atoms with Gasteiger partial charge in [-0.3, -0.25) is 4.90 Å². The maximum absolute atomic E-state index is 6.30. The molecule has 4 heteroatoms. The molecule has 1 aromatic carbocycles. The minimum Gasteiger partial charge on any atom is -0.454 e. The van der Waals surface area contributed by atoms with Gasteiger partial charge in [0.05, 0.1) is 0 Å². The van der Waals surface area contributed by atoms with Crippen LogP contribution < -0.4 is 15.2 Å². The van der Waals surface area contributed by atoms with Crippen molar-refractivity contribution in [3.05, 3.63) is 23.8 Å². The Bertz CT molecular complexity index is 446. The molecular formula is C15H24N2O2. The monoisotopic (exact) mass is 264 g/mol. The molecule has 0 saturated carbocycles. The third-order valence-electron chi connectivity index (χ3n) is 4.19. The molecule has 1 aliphatic rings. The topological polar surface area (TPSA) is 47.7 Å². The lowest BCUT2D eigenvalue weighted by atomic mass is 9.98. The Hall–Kier alpha value is -1.26. The molecule has 2 N–H and O–H groups in total. The predicted molar refractivity (Wildman–Crippen MR) is 76.5 cm³/mol. The van der Waals surface area contributed by atoms with Crippen LogP contribution in [0, 0.1) is 0 Å². The summed E-state index contributed by atoms with van der Waals surface area (Å²) >= 11 is 0. The lowest BCUT2D eigenvalue weighted by molar-refractivity contribution is 0.142. The quantitative estimate of drug-likeness (QED) is 0.888. The fraction of sp³-hybridized carbons (Fsp3) is 0.600. The molecule has 2 rings (SSSR count). The van der Waals surface area contributed by atoms with Gasteiger partial charge in [0.15, 0.2) is 11.5 Å². The fourth-order valence-electron chi connectivity index (χ4n) is 2.06. The Labute approximate surface area is 115 Å². The summed E-state index contributed by atoms with van der Waals surface area (Å²) in [6.45, 7) is 7.79. The van der Waals surface area contributed by atoms with Crippen molar-refractivity contribution in [1.29, 1.82) is 0 Å². The molecule has 0 radical (unpaired) electrons. The van der Waals surface area contributed by atoms with Crippen molar-refractivity contribution < 1.29 is 9.47 Å². The molecule has 1 unspecified atom stereocenters. The highest BCUT2D eigenvalue weighted by molar-refractivity contribution is 5.45. The summed E-state index contributed by atoms with van der Waals surface area (Å²) in [6.07, 6.45) is 1.09. The number of rotatable bonds is 5. The zero-order valence-electron chi connectivity index (χ0n) is 12.3. The summed E-state index contributed by atoms with van der Waals surface area (Å²) in [5.41, 5.74) is 7.55. The van der Waals surface area contributed by atoms with Gasteiger partial charge in [0.25, 0.3) is 0 Å². The van der Waals surface area contributed by atoms with Crippen molar-refractivity contribution in [3.63, 3.8) is 0 Å². The molecule has 106 valence electrons.